The van der Waals surface area contributed by atoms with Gasteiger partial charge in [-0.3, -0.25) is 4.79 Å². The van der Waals surface area contributed by atoms with Gasteiger partial charge in [-0.25, -0.2) is 8.42 Å². The molecule has 1 atom stereocenters. The SMILES string of the molecule is CNC(=O)C1CCCN1S(=O)(=O)c1ccccc1C#N. The van der Waals surface area contributed by atoms with E-state index in [1.165, 1.54) is 23.5 Å². The van der Waals surface area contributed by atoms with Crippen molar-refractivity contribution in [3.63, 3.8) is 0 Å². The molecule has 1 aliphatic rings. The second-order valence-electron chi connectivity index (χ2n) is 4.50. The number of sulfonamides is 1. The van der Waals surface area contributed by atoms with E-state index in [2.05, 4.69) is 5.32 Å². The normalized spacial score (nSPS) is 19.5. The summed E-state index contributed by atoms with van der Waals surface area (Å²) in [4.78, 5) is 11.7. The number of nitrogens with one attached hydrogen (secondary N) is 1. The lowest BCUT2D eigenvalue weighted by Gasteiger charge is -2.23. The zero-order chi connectivity index (χ0) is 14.8. The summed E-state index contributed by atoms with van der Waals surface area (Å²) in [6.07, 6.45) is 1.12. The fraction of sp³-hybridized carbons (Fsp3) is 0.385. The van der Waals surface area contributed by atoms with Crippen molar-refractivity contribution in [3.05, 3.63) is 29.8 Å². The molecule has 1 fully saturated rings. The van der Waals surface area contributed by atoms with Crippen molar-refractivity contribution < 1.29 is 13.2 Å². The number of hydrogen-bond donors (Lipinski definition) is 1. The Bertz CT molecular complexity index is 664. The van der Waals surface area contributed by atoms with Crippen LogP contribution in [0.3, 0.4) is 0 Å². The molecule has 1 N–H and O–H groups in total. The molecule has 0 bridgehead atoms. The topological polar surface area (TPSA) is 90.3 Å². The van der Waals surface area contributed by atoms with Crippen molar-refractivity contribution in [2.24, 2.45) is 0 Å². The Kier molecular flexibility index (Phi) is 4.06. The van der Waals surface area contributed by atoms with Crippen LogP contribution in [0.5, 0.6) is 0 Å². The maximum absolute atomic E-state index is 12.6. The van der Waals surface area contributed by atoms with Crippen LogP contribution in [0.4, 0.5) is 0 Å². The minimum Gasteiger partial charge on any atom is -0.358 e. The monoisotopic (exact) mass is 293 g/mol. The number of carbonyl (C=O) groups excluding carboxylic acids is 1. The largest absolute Gasteiger partial charge is 0.358 e. The van der Waals surface area contributed by atoms with E-state index in [1.54, 1.807) is 12.1 Å². The molecule has 0 saturated carbocycles. The second-order valence-corrected chi connectivity index (χ2v) is 6.35. The molecule has 1 unspecified atom stereocenters. The smallest absolute Gasteiger partial charge is 0.245 e. The zero-order valence-electron chi connectivity index (χ0n) is 11.0. The average molecular weight is 293 g/mol. The highest BCUT2D eigenvalue weighted by Gasteiger charge is 2.39. The molecule has 1 saturated heterocycles. The molecule has 1 amide bonds. The maximum Gasteiger partial charge on any atom is 0.245 e. The lowest BCUT2D eigenvalue weighted by Crippen LogP contribution is -2.44. The molecule has 0 radical (unpaired) electrons. The van der Waals surface area contributed by atoms with Gasteiger partial charge in [-0.05, 0) is 25.0 Å². The zero-order valence-corrected chi connectivity index (χ0v) is 11.9. The highest BCUT2D eigenvalue weighted by atomic mass is 32.2. The lowest BCUT2D eigenvalue weighted by atomic mass is 10.2. The van der Waals surface area contributed by atoms with Crippen molar-refractivity contribution in [2.75, 3.05) is 13.6 Å². The van der Waals surface area contributed by atoms with Crippen LogP contribution >= 0.6 is 0 Å². The third-order valence-corrected chi connectivity index (χ3v) is 5.31. The molecular weight excluding hydrogens is 278 g/mol. The fourth-order valence-electron chi connectivity index (χ4n) is 2.37. The van der Waals surface area contributed by atoms with Crippen LogP contribution in [-0.4, -0.2) is 38.3 Å². The predicted octanol–water partition coefficient (Wildman–Crippen LogP) is 0.457. The first-order chi connectivity index (χ1) is 9.52. The number of nitrogens with zero attached hydrogens (tertiary/aromatic N) is 2. The number of benzene rings is 1. The van der Waals surface area contributed by atoms with Gasteiger partial charge in [-0.1, -0.05) is 12.1 Å². The van der Waals surface area contributed by atoms with Gasteiger partial charge < -0.3 is 5.32 Å². The van der Waals surface area contributed by atoms with Crippen molar-refractivity contribution >= 4 is 15.9 Å². The molecule has 0 aromatic heterocycles. The Morgan fingerprint density at radius 1 is 1.45 bits per heavy atom. The first-order valence-electron chi connectivity index (χ1n) is 6.25. The average Bonchev–Trinajstić information content (AvgIpc) is 2.96. The van der Waals surface area contributed by atoms with Crippen LogP contribution in [0.25, 0.3) is 0 Å². The molecule has 2 rings (SSSR count). The first-order valence-corrected chi connectivity index (χ1v) is 7.69. The van der Waals surface area contributed by atoms with E-state index >= 15 is 0 Å². The van der Waals surface area contributed by atoms with E-state index in [4.69, 9.17) is 5.26 Å². The quantitative estimate of drug-likeness (QED) is 0.876. The molecule has 106 valence electrons. The third kappa shape index (κ3) is 2.40. The molecular formula is C13H15N3O3S. The van der Waals surface area contributed by atoms with Crippen LogP contribution in [0.2, 0.25) is 0 Å². The van der Waals surface area contributed by atoms with Crippen LogP contribution in [-0.2, 0) is 14.8 Å². The number of likely N-dealkylation sites (N-methyl/N-ethyl adjacent to an activating group) is 1. The molecule has 1 aliphatic heterocycles. The van der Waals surface area contributed by atoms with Gasteiger partial charge in [0, 0.05) is 13.6 Å². The summed E-state index contributed by atoms with van der Waals surface area (Å²) in [5.74, 6) is -0.319. The maximum atomic E-state index is 12.6. The first kappa shape index (κ1) is 14.5. The van der Waals surface area contributed by atoms with Gasteiger partial charge in [-0.15, -0.1) is 0 Å². The summed E-state index contributed by atoms with van der Waals surface area (Å²) >= 11 is 0. The molecule has 1 aromatic carbocycles. The predicted molar refractivity (Wildman–Crippen MR) is 72.1 cm³/mol. The Balaban J connectivity index is 2.45. The summed E-state index contributed by atoms with van der Waals surface area (Å²) in [6.45, 7) is 0.292. The van der Waals surface area contributed by atoms with Crippen LogP contribution in [0, 0.1) is 11.3 Å². The number of carbonyl (C=O) groups is 1. The van der Waals surface area contributed by atoms with Gasteiger partial charge in [0.1, 0.15) is 12.1 Å². The molecule has 7 heteroatoms. The second kappa shape index (κ2) is 5.61. The molecule has 6 nitrogen and oxygen atoms in total. The van der Waals surface area contributed by atoms with E-state index in [-0.39, 0.29) is 16.4 Å². The van der Waals surface area contributed by atoms with Crippen molar-refractivity contribution in [1.29, 1.82) is 5.26 Å². The Hall–Kier alpha value is -1.91. The van der Waals surface area contributed by atoms with Crippen molar-refractivity contribution in [1.82, 2.24) is 9.62 Å². The summed E-state index contributed by atoms with van der Waals surface area (Å²) < 4.78 is 26.5. The Morgan fingerprint density at radius 2 is 2.15 bits per heavy atom. The summed E-state index contributed by atoms with van der Waals surface area (Å²) in [5, 5.41) is 11.5. The third-order valence-electron chi connectivity index (χ3n) is 3.35. The van der Waals surface area contributed by atoms with Crippen LogP contribution in [0.1, 0.15) is 18.4 Å². The summed E-state index contributed by atoms with van der Waals surface area (Å²) in [5.41, 5.74) is 0.0926. The van der Waals surface area contributed by atoms with Gasteiger partial charge in [0.25, 0.3) is 0 Å². The number of nitriles is 1. The summed E-state index contributed by atoms with van der Waals surface area (Å²) in [7, 11) is -2.35. The van der Waals surface area contributed by atoms with Gasteiger partial charge in [0.15, 0.2) is 0 Å². The highest BCUT2D eigenvalue weighted by molar-refractivity contribution is 7.89. The molecule has 1 aromatic rings. The number of rotatable bonds is 3. The summed E-state index contributed by atoms with van der Waals surface area (Å²) in [6, 6.07) is 7.21. The highest BCUT2D eigenvalue weighted by Crippen LogP contribution is 2.27. The minimum atomic E-state index is -3.84. The van der Waals surface area contributed by atoms with Gasteiger partial charge in [-0.2, -0.15) is 9.57 Å². The van der Waals surface area contributed by atoms with Crippen LogP contribution < -0.4 is 5.32 Å². The Labute approximate surface area is 118 Å². The van der Waals surface area contributed by atoms with E-state index < -0.39 is 16.1 Å². The lowest BCUT2D eigenvalue weighted by molar-refractivity contribution is -0.123. The van der Waals surface area contributed by atoms with Crippen molar-refractivity contribution in [3.8, 4) is 6.07 Å². The molecule has 0 spiro atoms. The standard InChI is InChI=1S/C13H15N3O3S/c1-15-13(17)11-6-4-8-16(11)20(18,19)12-7-3-2-5-10(12)9-14/h2-3,5,7,11H,4,6,8H2,1H3,(H,15,17). The number of hydrogen-bond acceptors (Lipinski definition) is 4. The van der Waals surface area contributed by atoms with Gasteiger partial charge >= 0.3 is 0 Å². The molecule has 1 heterocycles. The molecule has 0 aliphatic carbocycles. The molecule has 20 heavy (non-hydrogen) atoms. The van der Waals surface area contributed by atoms with E-state index in [0.717, 1.165) is 0 Å². The fourth-order valence-corrected chi connectivity index (χ4v) is 4.17. The van der Waals surface area contributed by atoms with E-state index in [0.29, 0.717) is 19.4 Å². The van der Waals surface area contributed by atoms with E-state index in [1.807, 2.05) is 6.07 Å². The van der Waals surface area contributed by atoms with E-state index in [9.17, 15) is 13.2 Å². The van der Waals surface area contributed by atoms with Crippen molar-refractivity contribution in [2.45, 2.75) is 23.8 Å². The van der Waals surface area contributed by atoms with Gasteiger partial charge in [0.05, 0.1) is 10.5 Å². The van der Waals surface area contributed by atoms with Gasteiger partial charge in [0.2, 0.25) is 15.9 Å². The minimum absolute atomic E-state index is 0.0432. The van der Waals surface area contributed by atoms with Crippen LogP contribution in [0.15, 0.2) is 29.2 Å². The number of amides is 1. The Morgan fingerprint density at radius 3 is 2.80 bits per heavy atom.